The Labute approximate surface area is 85.3 Å². The number of hydrogen-bond acceptors (Lipinski definition) is 4. The predicted octanol–water partition coefficient (Wildman–Crippen LogP) is 0.715. The Morgan fingerprint density at radius 1 is 1.43 bits per heavy atom. The van der Waals surface area contributed by atoms with Crippen LogP contribution in [0, 0.1) is 6.57 Å². The summed E-state index contributed by atoms with van der Waals surface area (Å²) in [6.07, 6.45) is 3.46. The van der Waals surface area contributed by atoms with Crippen LogP contribution in [0.15, 0.2) is 0 Å². The van der Waals surface area contributed by atoms with Gasteiger partial charge in [0.05, 0.1) is 6.10 Å². The largest absolute Gasteiger partial charge is 0.309 e. The van der Waals surface area contributed by atoms with Crippen LogP contribution in [-0.2, 0) is 4.84 Å². The Morgan fingerprint density at radius 2 is 2.14 bits per heavy atom. The van der Waals surface area contributed by atoms with Gasteiger partial charge in [0.1, 0.15) is 4.95 Å². The Hall–Kier alpha value is -0.830. The number of hydrazine groups is 1. The van der Waals surface area contributed by atoms with Gasteiger partial charge in [-0.15, -0.1) is 5.43 Å². The summed E-state index contributed by atoms with van der Waals surface area (Å²) < 4.78 is 0. The molecule has 2 atom stereocenters. The maximum Gasteiger partial charge on any atom is 0.309 e. The van der Waals surface area contributed by atoms with E-state index in [2.05, 4.69) is 29.4 Å². The van der Waals surface area contributed by atoms with Crippen LogP contribution in [0.25, 0.3) is 4.95 Å². The molecule has 0 bridgehead atoms. The zero-order chi connectivity index (χ0) is 10.6. The van der Waals surface area contributed by atoms with Gasteiger partial charge in [0, 0.05) is 13.1 Å². The molecular formula is C9H19N4O+. The lowest BCUT2D eigenvalue weighted by Gasteiger charge is -2.18. The third-order valence-electron chi connectivity index (χ3n) is 2.63. The maximum atomic E-state index is 5.49. The quantitative estimate of drug-likeness (QED) is 0.676. The minimum absolute atomic E-state index is 0.210. The van der Waals surface area contributed by atoms with E-state index in [4.69, 9.17) is 11.4 Å². The molecule has 2 unspecified atom stereocenters. The van der Waals surface area contributed by atoms with Crippen molar-refractivity contribution >= 4 is 0 Å². The molecule has 0 aromatic rings. The van der Waals surface area contributed by atoms with E-state index in [1.807, 2.05) is 0 Å². The van der Waals surface area contributed by atoms with E-state index in [0.29, 0.717) is 6.04 Å². The lowest BCUT2D eigenvalue weighted by atomic mass is 10.2. The monoisotopic (exact) mass is 199 g/mol. The maximum absolute atomic E-state index is 5.49. The van der Waals surface area contributed by atoms with Gasteiger partial charge in [0.2, 0.25) is 0 Å². The van der Waals surface area contributed by atoms with E-state index in [-0.39, 0.29) is 6.10 Å². The van der Waals surface area contributed by atoms with Crippen LogP contribution in [0.1, 0.15) is 19.3 Å². The average molecular weight is 199 g/mol. The fraction of sp³-hybridized carbons (Fsp3) is 0.889. The highest BCUT2D eigenvalue weighted by atomic mass is 16.7. The standard InChI is InChI=1S/C9H19N4O/c1-10-13(11-2)14-9-6-5-8(7-9)12(3)4/h1,8-9,11H,5-7H2,2-4H3/q+1. The molecule has 0 spiro atoms. The molecule has 0 amide bonds. The van der Waals surface area contributed by atoms with Gasteiger partial charge in [-0.3, -0.25) is 0 Å². The molecule has 1 saturated carbocycles. The molecule has 0 saturated heterocycles. The average Bonchev–Trinajstić information content (AvgIpc) is 2.62. The van der Waals surface area contributed by atoms with Crippen molar-refractivity contribution in [3.05, 3.63) is 4.95 Å². The summed E-state index contributed by atoms with van der Waals surface area (Å²) in [4.78, 5) is 11.1. The van der Waals surface area contributed by atoms with Gasteiger partial charge < -0.3 is 4.90 Å². The second-order valence-corrected chi connectivity index (χ2v) is 3.77. The van der Waals surface area contributed by atoms with Gasteiger partial charge >= 0.3 is 6.57 Å². The minimum atomic E-state index is 0.210. The van der Waals surface area contributed by atoms with E-state index in [1.165, 1.54) is 11.7 Å². The van der Waals surface area contributed by atoms with E-state index < -0.39 is 0 Å². The molecule has 1 rings (SSSR count). The van der Waals surface area contributed by atoms with Crippen molar-refractivity contribution in [1.82, 2.24) is 15.6 Å². The van der Waals surface area contributed by atoms with Gasteiger partial charge in [-0.05, 0) is 33.4 Å². The summed E-state index contributed by atoms with van der Waals surface area (Å²) in [5.74, 6) is 0. The van der Waals surface area contributed by atoms with Crippen LogP contribution in [0.5, 0.6) is 0 Å². The van der Waals surface area contributed by atoms with Crippen molar-refractivity contribution < 1.29 is 4.84 Å². The first-order valence-electron chi connectivity index (χ1n) is 4.89. The number of hydrogen-bond donors (Lipinski definition) is 1. The first kappa shape index (κ1) is 11.2. The van der Waals surface area contributed by atoms with Crippen LogP contribution in [0.4, 0.5) is 0 Å². The number of rotatable bonds is 4. The molecule has 1 aliphatic rings. The molecule has 0 aromatic heterocycles. The Bertz CT molecular complexity index is 213. The second kappa shape index (κ2) is 5.15. The van der Waals surface area contributed by atoms with Gasteiger partial charge in [0.15, 0.2) is 5.28 Å². The zero-order valence-corrected chi connectivity index (χ0v) is 9.10. The van der Waals surface area contributed by atoms with E-state index in [9.17, 15) is 0 Å². The Kier molecular flexibility index (Phi) is 4.14. The molecule has 14 heavy (non-hydrogen) atoms. The van der Waals surface area contributed by atoms with Crippen molar-refractivity contribution in [2.75, 3.05) is 21.1 Å². The summed E-state index contributed by atoms with van der Waals surface area (Å²) in [6.45, 7) is 5.11. The summed E-state index contributed by atoms with van der Waals surface area (Å²) in [5.41, 5.74) is 2.73. The van der Waals surface area contributed by atoms with E-state index >= 15 is 0 Å². The molecule has 5 nitrogen and oxygen atoms in total. The summed E-state index contributed by atoms with van der Waals surface area (Å²) in [6, 6.07) is 0.608. The number of nitrogens with zero attached hydrogens (tertiary/aromatic N) is 3. The van der Waals surface area contributed by atoms with Crippen LogP contribution >= 0.6 is 0 Å². The highest BCUT2D eigenvalue weighted by Gasteiger charge is 2.30. The third-order valence-corrected chi connectivity index (χ3v) is 2.63. The smallest absolute Gasteiger partial charge is 0.306 e. The van der Waals surface area contributed by atoms with E-state index in [0.717, 1.165) is 12.8 Å². The fourth-order valence-corrected chi connectivity index (χ4v) is 1.76. The highest BCUT2D eigenvalue weighted by Crippen LogP contribution is 2.25. The minimum Gasteiger partial charge on any atom is -0.306 e. The summed E-state index contributed by atoms with van der Waals surface area (Å²) >= 11 is 0. The van der Waals surface area contributed by atoms with Crippen molar-refractivity contribution in [2.45, 2.75) is 31.4 Å². The van der Waals surface area contributed by atoms with Gasteiger partial charge in [-0.2, -0.15) is 4.84 Å². The third kappa shape index (κ3) is 2.84. The highest BCUT2D eigenvalue weighted by molar-refractivity contribution is 4.80. The van der Waals surface area contributed by atoms with Crippen LogP contribution in [0.3, 0.4) is 0 Å². The predicted molar refractivity (Wildman–Crippen MR) is 55.4 cm³/mol. The van der Waals surface area contributed by atoms with Crippen molar-refractivity contribution in [2.24, 2.45) is 0 Å². The summed E-state index contributed by atoms with van der Waals surface area (Å²) in [7, 11) is 5.90. The van der Waals surface area contributed by atoms with Gasteiger partial charge in [-0.1, -0.05) is 0 Å². The molecule has 0 heterocycles. The molecule has 0 aromatic carbocycles. The molecule has 1 aliphatic carbocycles. The zero-order valence-electron chi connectivity index (χ0n) is 9.10. The molecular weight excluding hydrogens is 180 g/mol. The van der Waals surface area contributed by atoms with Crippen LogP contribution < -0.4 is 5.43 Å². The van der Waals surface area contributed by atoms with Crippen molar-refractivity contribution in [1.29, 1.82) is 0 Å². The second-order valence-electron chi connectivity index (χ2n) is 3.77. The van der Waals surface area contributed by atoms with E-state index in [1.54, 1.807) is 7.05 Å². The van der Waals surface area contributed by atoms with Crippen LogP contribution in [-0.4, -0.2) is 43.5 Å². The SMILES string of the molecule is C#[N+]N(NC)OC1CCC(N(C)C)C1. The topological polar surface area (TPSA) is 32.1 Å². The summed E-state index contributed by atoms with van der Waals surface area (Å²) in [5, 5.41) is 1.21. The molecule has 0 aliphatic heterocycles. The fourth-order valence-electron chi connectivity index (χ4n) is 1.76. The Balaban J connectivity index is 2.32. The molecule has 1 N–H and O–H groups in total. The van der Waals surface area contributed by atoms with Gasteiger partial charge in [-0.25, -0.2) is 0 Å². The van der Waals surface area contributed by atoms with Crippen LogP contribution in [0.2, 0.25) is 0 Å². The lowest BCUT2D eigenvalue weighted by Crippen LogP contribution is -2.33. The normalized spacial score (nSPS) is 26.5. The first-order valence-corrected chi connectivity index (χ1v) is 4.89. The first-order chi connectivity index (χ1) is 6.67. The van der Waals surface area contributed by atoms with Crippen molar-refractivity contribution in [3.8, 4) is 6.57 Å². The van der Waals surface area contributed by atoms with Gasteiger partial charge in [0.25, 0.3) is 0 Å². The van der Waals surface area contributed by atoms with Crippen molar-refractivity contribution in [3.63, 3.8) is 0 Å². The molecule has 1 fully saturated rings. The molecule has 0 radical (unpaired) electrons. The Morgan fingerprint density at radius 3 is 2.57 bits per heavy atom. The lowest BCUT2D eigenvalue weighted by molar-refractivity contribution is -0.192. The molecule has 5 heteroatoms. The molecule has 80 valence electrons. The number of nitrogens with one attached hydrogen (secondary N) is 1.